The molecule has 0 aliphatic carbocycles. The molecule has 1 N–H and O–H groups in total. The van der Waals surface area contributed by atoms with Gasteiger partial charge in [-0.1, -0.05) is 37.6 Å². The molecule has 1 amide bonds. The van der Waals surface area contributed by atoms with Crippen molar-refractivity contribution in [2.24, 2.45) is 0 Å². The van der Waals surface area contributed by atoms with Crippen LogP contribution in [0.4, 0.5) is 5.69 Å². The largest absolute Gasteiger partial charge is 0.296 e. The van der Waals surface area contributed by atoms with Crippen LogP contribution in [0.5, 0.6) is 0 Å². The molecule has 0 fully saturated rings. The van der Waals surface area contributed by atoms with E-state index in [4.69, 9.17) is 0 Å². The maximum absolute atomic E-state index is 11.8. The second-order valence-corrected chi connectivity index (χ2v) is 5.57. The molecule has 0 aliphatic rings. The van der Waals surface area contributed by atoms with E-state index in [1.165, 1.54) is 29.7 Å². The zero-order chi connectivity index (χ0) is 16.4. The predicted octanol–water partition coefficient (Wildman–Crippen LogP) is 4.41. The smallest absolute Gasteiger partial charge is 0.269 e. The van der Waals surface area contributed by atoms with Crippen molar-refractivity contribution in [3.63, 3.8) is 0 Å². The fourth-order valence-corrected chi connectivity index (χ4v) is 2.46. The average molecular weight is 320 g/mol. The molecule has 0 aliphatic heterocycles. The fourth-order valence-electron chi connectivity index (χ4n) is 1.86. The highest BCUT2D eigenvalue weighted by Crippen LogP contribution is 2.19. The van der Waals surface area contributed by atoms with E-state index in [1.54, 1.807) is 18.2 Å². The highest BCUT2D eigenvalue weighted by Gasteiger charge is 2.07. The van der Waals surface area contributed by atoms with Gasteiger partial charge in [0.15, 0.2) is 0 Å². The van der Waals surface area contributed by atoms with E-state index in [0.29, 0.717) is 12.8 Å². The standard InChI is InChI=1S/C16H20N2O3S/c1-3-5-13(6-4-2)7-12-16(19)17-22-15-10-8-14(9-11-15)18(20)21/h3,5,8-11H,1,4,6-7,12H2,2H3,(H,17,19)/b13-5+. The van der Waals surface area contributed by atoms with Crippen molar-refractivity contribution in [3.05, 3.63) is 58.7 Å². The van der Waals surface area contributed by atoms with Crippen LogP contribution < -0.4 is 4.72 Å². The molecular formula is C16H20N2O3S. The minimum atomic E-state index is -0.450. The Morgan fingerprint density at radius 2 is 2.00 bits per heavy atom. The van der Waals surface area contributed by atoms with Gasteiger partial charge in [-0.3, -0.25) is 19.6 Å². The second kappa shape index (κ2) is 9.78. The molecule has 0 aromatic heterocycles. The molecule has 0 saturated carbocycles. The van der Waals surface area contributed by atoms with Gasteiger partial charge in [0.25, 0.3) is 5.69 Å². The molecule has 0 atom stereocenters. The first-order valence-electron chi connectivity index (χ1n) is 7.07. The number of amides is 1. The third-order valence-corrected chi connectivity index (χ3v) is 3.77. The van der Waals surface area contributed by atoms with Gasteiger partial charge in [-0.05, 0) is 36.9 Å². The molecule has 0 heterocycles. The predicted molar refractivity (Wildman–Crippen MR) is 89.5 cm³/mol. The van der Waals surface area contributed by atoms with E-state index < -0.39 is 4.92 Å². The van der Waals surface area contributed by atoms with Gasteiger partial charge >= 0.3 is 0 Å². The number of non-ortho nitro benzene ring substituents is 1. The van der Waals surface area contributed by atoms with Crippen LogP contribution in [-0.2, 0) is 4.79 Å². The number of nitrogens with one attached hydrogen (secondary N) is 1. The van der Waals surface area contributed by atoms with Crippen LogP contribution >= 0.6 is 11.9 Å². The number of nitro benzene ring substituents is 1. The molecular weight excluding hydrogens is 300 g/mol. The number of nitrogens with zero attached hydrogens (tertiary/aromatic N) is 1. The van der Waals surface area contributed by atoms with E-state index in [9.17, 15) is 14.9 Å². The van der Waals surface area contributed by atoms with Gasteiger partial charge in [-0.25, -0.2) is 0 Å². The quantitative estimate of drug-likeness (QED) is 0.316. The van der Waals surface area contributed by atoms with Crippen LogP contribution in [-0.4, -0.2) is 10.8 Å². The molecule has 0 spiro atoms. The minimum absolute atomic E-state index is 0.0365. The van der Waals surface area contributed by atoms with Crippen molar-refractivity contribution in [1.82, 2.24) is 4.72 Å². The molecule has 6 heteroatoms. The SMILES string of the molecule is C=C/C=C(\CCC)CCC(=O)NSc1ccc([N+](=O)[O-])cc1. The highest BCUT2D eigenvalue weighted by atomic mass is 32.2. The van der Waals surface area contributed by atoms with Gasteiger partial charge in [0, 0.05) is 23.4 Å². The van der Waals surface area contributed by atoms with Gasteiger partial charge in [0.1, 0.15) is 0 Å². The Bertz CT molecular complexity index is 553. The Labute approximate surface area is 134 Å². The third kappa shape index (κ3) is 6.58. The lowest BCUT2D eigenvalue weighted by atomic mass is 10.0. The maximum atomic E-state index is 11.8. The van der Waals surface area contributed by atoms with Crippen molar-refractivity contribution >= 4 is 23.5 Å². The summed E-state index contributed by atoms with van der Waals surface area (Å²) >= 11 is 1.17. The second-order valence-electron chi connectivity index (χ2n) is 4.69. The van der Waals surface area contributed by atoms with E-state index >= 15 is 0 Å². The van der Waals surface area contributed by atoms with E-state index in [-0.39, 0.29) is 11.6 Å². The summed E-state index contributed by atoms with van der Waals surface area (Å²) in [6.07, 6.45) is 6.84. The van der Waals surface area contributed by atoms with Crippen molar-refractivity contribution in [1.29, 1.82) is 0 Å². The highest BCUT2D eigenvalue weighted by molar-refractivity contribution is 7.98. The van der Waals surface area contributed by atoms with E-state index in [1.807, 2.05) is 6.08 Å². The van der Waals surface area contributed by atoms with Crippen molar-refractivity contribution in [3.8, 4) is 0 Å². The lowest BCUT2D eigenvalue weighted by Crippen LogP contribution is -2.15. The molecule has 5 nitrogen and oxygen atoms in total. The molecule has 0 unspecified atom stereocenters. The van der Waals surface area contributed by atoms with E-state index in [0.717, 1.165) is 17.7 Å². The van der Waals surface area contributed by atoms with Gasteiger partial charge in [0.05, 0.1) is 4.92 Å². The zero-order valence-corrected chi connectivity index (χ0v) is 13.4. The Hall–Kier alpha value is -2.08. The van der Waals surface area contributed by atoms with E-state index in [2.05, 4.69) is 18.2 Å². The molecule has 118 valence electrons. The number of benzene rings is 1. The molecule has 22 heavy (non-hydrogen) atoms. The maximum Gasteiger partial charge on any atom is 0.269 e. The number of hydrogen-bond acceptors (Lipinski definition) is 4. The molecule has 1 aromatic carbocycles. The molecule has 1 rings (SSSR count). The van der Waals surface area contributed by atoms with Crippen LogP contribution in [0.15, 0.2) is 53.5 Å². The first-order valence-corrected chi connectivity index (χ1v) is 7.89. The van der Waals surface area contributed by atoms with Crippen LogP contribution in [0.3, 0.4) is 0 Å². The summed E-state index contributed by atoms with van der Waals surface area (Å²) in [6.45, 7) is 5.77. The number of nitro groups is 1. The normalized spacial score (nSPS) is 11.0. The summed E-state index contributed by atoms with van der Waals surface area (Å²) in [6, 6.07) is 6.06. The lowest BCUT2D eigenvalue weighted by molar-refractivity contribution is -0.384. The molecule has 0 radical (unpaired) electrons. The Morgan fingerprint density at radius 1 is 1.32 bits per heavy atom. The average Bonchev–Trinajstić information content (AvgIpc) is 2.51. The van der Waals surface area contributed by atoms with Crippen LogP contribution in [0.25, 0.3) is 0 Å². The van der Waals surface area contributed by atoms with Crippen LogP contribution in [0.1, 0.15) is 32.6 Å². The van der Waals surface area contributed by atoms with Crippen molar-refractivity contribution in [2.45, 2.75) is 37.5 Å². The van der Waals surface area contributed by atoms with Gasteiger partial charge < -0.3 is 0 Å². The summed E-state index contributed by atoms with van der Waals surface area (Å²) in [5, 5.41) is 10.6. The summed E-state index contributed by atoms with van der Waals surface area (Å²) in [7, 11) is 0. The minimum Gasteiger partial charge on any atom is -0.296 e. The summed E-state index contributed by atoms with van der Waals surface area (Å²) in [5.74, 6) is -0.0607. The van der Waals surface area contributed by atoms with Gasteiger partial charge in [-0.15, -0.1) is 0 Å². The van der Waals surface area contributed by atoms with Crippen LogP contribution in [0.2, 0.25) is 0 Å². The number of allylic oxidation sites excluding steroid dienone is 3. The summed E-state index contributed by atoms with van der Waals surface area (Å²) in [4.78, 5) is 22.7. The zero-order valence-electron chi connectivity index (χ0n) is 12.6. The Kier molecular flexibility index (Phi) is 7.99. The summed E-state index contributed by atoms with van der Waals surface area (Å²) < 4.78 is 2.74. The van der Waals surface area contributed by atoms with Crippen molar-refractivity contribution < 1.29 is 9.72 Å². The monoisotopic (exact) mass is 320 g/mol. The summed E-state index contributed by atoms with van der Waals surface area (Å²) in [5.41, 5.74) is 1.25. The fraction of sp³-hybridized carbons (Fsp3) is 0.312. The Morgan fingerprint density at radius 3 is 2.55 bits per heavy atom. The van der Waals surface area contributed by atoms with Crippen molar-refractivity contribution in [2.75, 3.05) is 0 Å². The van der Waals surface area contributed by atoms with Crippen LogP contribution in [0, 0.1) is 10.1 Å². The Balaban J connectivity index is 2.40. The molecule has 0 bridgehead atoms. The lowest BCUT2D eigenvalue weighted by Gasteiger charge is -2.06. The number of carbonyl (C=O) groups excluding carboxylic acids is 1. The third-order valence-electron chi connectivity index (χ3n) is 2.93. The van der Waals surface area contributed by atoms with Gasteiger partial charge in [-0.2, -0.15) is 0 Å². The topological polar surface area (TPSA) is 72.2 Å². The first kappa shape index (κ1) is 18.0. The molecule has 0 saturated heterocycles. The van der Waals surface area contributed by atoms with Gasteiger partial charge in [0.2, 0.25) is 5.91 Å². The number of hydrogen-bond donors (Lipinski definition) is 1. The molecule has 1 aromatic rings. The first-order chi connectivity index (χ1) is 10.6. The number of rotatable bonds is 9. The number of carbonyl (C=O) groups is 1.